The van der Waals surface area contributed by atoms with Gasteiger partial charge in [-0.2, -0.15) is 14.0 Å². The zero-order valence-electron chi connectivity index (χ0n) is 15.6. The van der Waals surface area contributed by atoms with Gasteiger partial charge in [-0.25, -0.2) is 4.79 Å². The Morgan fingerprint density at radius 1 is 1.13 bits per heavy atom. The number of hydrogen-bond donors (Lipinski definition) is 0. The van der Waals surface area contributed by atoms with Gasteiger partial charge >= 0.3 is 12.6 Å². The van der Waals surface area contributed by atoms with Gasteiger partial charge in [0.05, 0.1) is 42.4 Å². The second-order valence-electron chi connectivity index (χ2n) is 5.43. The lowest BCUT2D eigenvalue weighted by Gasteiger charge is -2.11. The smallest absolute Gasteiger partial charge is 0.387 e. The van der Waals surface area contributed by atoms with E-state index in [1.807, 2.05) is 6.07 Å². The number of nitro benzene ring substituents is 1. The van der Waals surface area contributed by atoms with Crippen LogP contribution in [-0.4, -0.2) is 31.7 Å². The first-order valence-electron chi connectivity index (χ1n) is 8.08. The summed E-state index contributed by atoms with van der Waals surface area (Å²) in [6.07, 6.45) is 1.96. The molecule has 0 N–H and O–H groups in total. The Hall–Kier alpha value is -4.20. The Bertz CT molecular complexity index is 1030. The summed E-state index contributed by atoms with van der Waals surface area (Å²) in [6.45, 7) is -3.21. The van der Waals surface area contributed by atoms with Gasteiger partial charge in [-0.1, -0.05) is 0 Å². The zero-order valence-corrected chi connectivity index (χ0v) is 15.6. The quantitative estimate of drug-likeness (QED) is 0.208. The van der Waals surface area contributed by atoms with Crippen LogP contribution in [0.15, 0.2) is 36.4 Å². The number of ether oxygens (including phenoxy) is 4. The van der Waals surface area contributed by atoms with Crippen molar-refractivity contribution in [1.82, 2.24) is 0 Å². The summed E-state index contributed by atoms with van der Waals surface area (Å²) < 4.78 is 44.2. The molecule has 0 amide bonds. The fourth-order valence-electron chi connectivity index (χ4n) is 2.33. The SMILES string of the molecule is COc1cc(C#N)ccc1OC(=O)/C=C/c1cc(OC)c(OC(F)F)cc1[N+](=O)[O-]. The molecule has 0 saturated heterocycles. The summed E-state index contributed by atoms with van der Waals surface area (Å²) in [5.74, 6) is -1.46. The minimum atomic E-state index is -3.21. The van der Waals surface area contributed by atoms with Crippen LogP contribution in [0.5, 0.6) is 23.0 Å². The summed E-state index contributed by atoms with van der Waals surface area (Å²) in [5, 5.41) is 20.1. The molecular weight excluding hydrogens is 406 g/mol. The average molecular weight is 420 g/mol. The number of alkyl halides is 2. The van der Waals surface area contributed by atoms with Crippen LogP contribution in [0.25, 0.3) is 6.08 Å². The van der Waals surface area contributed by atoms with Gasteiger partial charge < -0.3 is 18.9 Å². The van der Waals surface area contributed by atoms with Gasteiger partial charge in [0.25, 0.3) is 5.69 Å². The first-order chi connectivity index (χ1) is 14.3. The molecule has 0 spiro atoms. The number of methoxy groups -OCH3 is 2. The number of carbonyl (C=O) groups excluding carboxylic acids is 1. The fraction of sp³-hybridized carbons (Fsp3) is 0.158. The van der Waals surface area contributed by atoms with Gasteiger partial charge in [0.2, 0.25) is 0 Å². The number of hydrogen-bond acceptors (Lipinski definition) is 8. The highest BCUT2D eigenvalue weighted by Crippen LogP contribution is 2.36. The normalized spacial score (nSPS) is 10.5. The van der Waals surface area contributed by atoms with Gasteiger partial charge in [0.1, 0.15) is 0 Å². The molecule has 0 saturated carbocycles. The number of halogens is 2. The molecule has 2 aromatic rings. The van der Waals surface area contributed by atoms with E-state index in [0.717, 1.165) is 24.3 Å². The lowest BCUT2D eigenvalue weighted by molar-refractivity contribution is -0.385. The molecule has 2 aromatic carbocycles. The molecule has 2 rings (SSSR count). The van der Waals surface area contributed by atoms with E-state index in [1.165, 1.54) is 32.4 Å². The maximum absolute atomic E-state index is 12.5. The summed E-state index contributed by atoms with van der Waals surface area (Å²) in [6, 6.07) is 7.87. The highest BCUT2D eigenvalue weighted by atomic mass is 19.3. The molecule has 0 atom stereocenters. The molecule has 0 fully saturated rings. The van der Waals surface area contributed by atoms with Crippen LogP contribution in [-0.2, 0) is 4.79 Å². The second-order valence-corrected chi connectivity index (χ2v) is 5.43. The van der Waals surface area contributed by atoms with Crippen LogP contribution in [0.4, 0.5) is 14.5 Å². The number of nitriles is 1. The van der Waals surface area contributed by atoms with Crippen molar-refractivity contribution >= 4 is 17.7 Å². The Morgan fingerprint density at radius 3 is 2.37 bits per heavy atom. The summed E-state index contributed by atoms with van der Waals surface area (Å²) in [5.41, 5.74) is -0.412. The van der Waals surface area contributed by atoms with E-state index in [4.69, 9.17) is 19.5 Å². The van der Waals surface area contributed by atoms with Gasteiger partial charge in [-0.15, -0.1) is 0 Å². The van der Waals surface area contributed by atoms with E-state index < -0.39 is 28.9 Å². The van der Waals surface area contributed by atoms with Crippen molar-refractivity contribution in [2.75, 3.05) is 14.2 Å². The van der Waals surface area contributed by atoms with Gasteiger partial charge in [0.15, 0.2) is 23.0 Å². The van der Waals surface area contributed by atoms with Crippen LogP contribution in [0.3, 0.4) is 0 Å². The highest BCUT2D eigenvalue weighted by molar-refractivity contribution is 5.90. The second kappa shape index (κ2) is 9.83. The molecule has 0 aliphatic heterocycles. The number of nitro groups is 1. The van der Waals surface area contributed by atoms with Gasteiger partial charge in [0, 0.05) is 12.1 Å². The third kappa shape index (κ3) is 5.41. The van der Waals surface area contributed by atoms with Crippen molar-refractivity contribution in [3.8, 4) is 29.1 Å². The molecule has 9 nitrogen and oxygen atoms in total. The molecule has 0 unspecified atom stereocenters. The number of rotatable bonds is 8. The van der Waals surface area contributed by atoms with E-state index in [-0.39, 0.29) is 28.4 Å². The van der Waals surface area contributed by atoms with E-state index in [2.05, 4.69) is 4.74 Å². The molecular formula is C19H14F2N2O7. The van der Waals surface area contributed by atoms with E-state index in [1.54, 1.807) is 0 Å². The first-order valence-corrected chi connectivity index (χ1v) is 8.08. The predicted octanol–water partition coefficient (Wildman–Crippen LogP) is 3.70. The molecule has 0 aliphatic rings. The third-order valence-corrected chi connectivity index (χ3v) is 3.63. The molecule has 30 heavy (non-hydrogen) atoms. The number of nitrogens with zero attached hydrogens (tertiary/aromatic N) is 2. The summed E-state index contributed by atoms with van der Waals surface area (Å²) in [7, 11) is 2.49. The summed E-state index contributed by atoms with van der Waals surface area (Å²) in [4.78, 5) is 22.5. The Balaban J connectivity index is 2.31. The predicted molar refractivity (Wildman–Crippen MR) is 98.7 cm³/mol. The van der Waals surface area contributed by atoms with Gasteiger partial charge in [-0.05, 0) is 24.3 Å². The molecule has 0 radical (unpaired) electrons. The lowest BCUT2D eigenvalue weighted by atomic mass is 10.1. The summed E-state index contributed by atoms with van der Waals surface area (Å²) >= 11 is 0. The minimum absolute atomic E-state index is 0.0268. The van der Waals surface area contributed by atoms with E-state index >= 15 is 0 Å². The van der Waals surface area contributed by atoms with Crippen molar-refractivity contribution in [3.05, 3.63) is 57.6 Å². The molecule has 0 aliphatic carbocycles. The van der Waals surface area contributed by atoms with E-state index in [0.29, 0.717) is 0 Å². The lowest BCUT2D eigenvalue weighted by Crippen LogP contribution is -2.06. The first kappa shape index (κ1) is 22.1. The Morgan fingerprint density at radius 2 is 1.80 bits per heavy atom. The maximum atomic E-state index is 12.5. The Labute approximate surface area is 168 Å². The number of benzene rings is 2. The number of carbonyl (C=O) groups is 1. The third-order valence-electron chi connectivity index (χ3n) is 3.63. The monoisotopic (exact) mass is 420 g/mol. The molecule has 156 valence electrons. The molecule has 11 heteroatoms. The minimum Gasteiger partial charge on any atom is -0.493 e. The standard InChI is InChI=1S/C19H14F2N2O7/c1-27-15-7-11(10-22)3-5-14(15)29-18(24)6-4-12-8-16(28-2)17(30-19(20)21)9-13(12)23(25)26/h3-9,19H,1-2H3/b6-4+. The van der Waals surface area contributed by atoms with Crippen molar-refractivity contribution in [3.63, 3.8) is 0 Å². The van der Waals surface area contributed by atoms with E-state index in [9.17, 15) is 23.7 Å². The topological polar surface area (TPSA) is 121 Å². The molecule has 0 heterocycles. The maximum Gasteiger partial charge on any atom is 0.387 e. The Kier molecular flexibility index (Phi) is 7.24. The van der Waals surface area contributed by atoms with Crippen molar-refractivity contribution < 1.29 is 37.4 Å². The largest absolute Gasteiger partial charge is 0.493 e. The van der Waals surface area contributed by atoms with Crippen molar-refractivity contribution in [1.29, 1.82) is 5.26 Å². The molecule has 0 bridgehead atoms. The van der Waals surface area contributed by atoms with Gasteiger partial charge in [-0.3, -0.25) is 10.1 Å². The fourth-order valence-corrected chi connectivity index (χ4v) is 2.33. The number of esters is 1. The highest BCUT2D eigenvalue weighted by Gasteiger charge is 2.21. The molecule has 0 aromatic heterocycles. The van der Waals surface area contributed by atoms with Crippen molar-refractivity contribution in [2.24, 2.45) is 0 Å². The van der Waals surface area contributed by atoms with Crippen LogP contribution < -0.4 is 18.9 Å². The van der Waals surface area contributed by atoms with Crippen LogP contribution >= 0.6 is 0 Å². The van der Waals surface area contributed by atoms with Crippen LogP contribution in [0.2, 0.25) is 0 Å². The van der Waals surface area contributed by atoms with Crippen molar-refractivity contribution in [2.45, 2.75) is 6.61 Å². The van der Waals surface area contributed by atoms with Crippen LogP contribution in [0.1, 0.15) is 11.1 Å². The average Bonchev–Trinajstić information content (AvgIpc) is 2.72. The zero-order chi connectivity index (χ0) is 22.3. The van der Waals surface area contributed by atoms with Crippen LogP contribution in [0, 0.1) is 21.4 Å².